The Labute approximate surface area is 116 Å². The normalized spacial score (nSPS) is 19.2. The lowest BCUT2D eigenvalue weighted by atomic mass is 10.3. The number of carbonyl (C=O) groups is 2. The SMILES string of the molecule is C[C@@H]1NC(=O)N(CCS(=O)(=O)c2cccc(O)c2)C1=O. The minimum Gasteiger partial charge on any atom is -0.508 e. The van der Waals surface area contributed by atoms with E-state index in [-0.39, 0.29) is 22.9 Å². The number of phenols is 1. The molecular formula is C12H14N2O5S. The molecule has 0 saturated carbocycles. The number of benzene rings is 1. The Morgan fingerprint density at radius 2 is 2.05 bits per heavy atom. The molecule has 2 rings (SSSR count). The molecule has 0 unspecified atom stereocenters. The van der Waals surface area contributed by atoms with Gasteiger partial charge < -0.3 is 10.4 Å². The van der Waals surface area contributed by atoms with E-state index in [0.29, 0.717) is 0 Å². The number of hydrogen-bond acceptors (Lipinski definition) is 5. The van der Waals surface area contributed by atoms with Gasteiger partial charge in [0.2, 0.25) is 0 Å². The zero-order valence-electron chi connectivity index (χ0n) is 10.7. The Morgan fingerprint density at radius 3 is 2.60 bits per heavy atom. The van der Waals surface area contributed by atoms with Crippen LogP contribution in [0.3, 0.4) is 0 Å². The summed E-state index contributed by atoms with van der Waals surface area (Å²) in [6.07, 6.45) is 0. The molecule has 1 heterocycles. The van der Waals surface area contributed by atoms with E-state index in [1.165, 1.54) is 25.1 Å². The molecule has 1 aliphatic heterocycles. The van der Waals surface area contributed by atoms with Crippen molar-refractivity contribution in [2.45, 2.75) is 17.9 Å². The summed E-state index contributed by atoms with van der Waals surface area (Å²) >= 11 is 0. The topological polar surface area (TPSA) is 104 Å². The van der Waals surface area contributed by atoms with E-state index in [0.717, 1.165) is 11.0 Å². The maximum atomic E-state index is 12.1. The van der Waals surface area contributed by atoms with Gasteiger partial charge in [0.25, 0.3) is 5.91 Å². The highest BCUT2D eigenvalue weighted by atomic mass is 32.2. The molecule has 0 spiro atoms. The zero-order chi connectivity index (χ0) is 14.9. The number of carbonyl (C=O) groups excluding carboxylic acids is 2. The maximum Gasteiger partial charge on any atom is 0.324 e. The van der Waals surface area contributed by atoms with Crippen molar-refractivity contribution in [1.82, 2.24) is 10.2 Å². The number of rotatable bonds is 4. The average Bonchev–Trinajstić information content (AvgIpc) is 2.61. The fourth-order valence-electron chi connectivity index (χ4n) is 1.88. The molecule has 0 radical (unpaired) electrons. The number of phenolic OH excluding ortho intramolecular Hbond substituents is 1. The van der Waals surface area contributed by atoms with Gasteiger partial charge in [0.05, 0.1) is 10.6 Å². The van der Waals surface area contributed by atoms with Crippen molar-refractivity contribution in [3.8, 4) is 5.75 Å². The molecule has 1 aromatic rings. The van der Waals surface area contributed by atoms with Crippen molar-refractivity contribution in [3.05, 3.63) is 24.3 Å². The second-order valence-corrected chi connectivity index (χ2v) is 6.59. The highest BCUT2D eigenvalue weighted by Crippen LogP contribution is 2.17. The van der Waals surface area contributed by atoms with Crippen molar-refractivity contribution in [1.29, 1.82) is 0 Å². The van der Waals surface area contributed by atoms with Gasteiger partial charge in [-0.1, -0.05) is 6.07 Å². The first-order valence-corrected chi connectivity index (χ1v) is 7.60. The summed E-state index contributed by atoms with van der Waals surface area (Å²) in [6, 6.07) is 4.03. The van der Waals surface area contributed by atoms with Crippen molar-refractivity contribution < 1.29 is 23.1 Å². The molecule has 7 nitrogen and oxygen atoms in total. The second kappa shape index (κ2) is 5.12. The smallest absolute Gasteiger partial charge is 0.324 e. The third-order valence-electron chi connectivity index (χ3n) is 2.98. The first-order chi connectivity index (χ1) is 9.31. The fraction of sp³-hybridized carbons (Fsp3) is 0.333. The predicted molar refractivity (Wildman–Crippen MR) is 69.9 cm³/mol. The van der Waals surface area contributed by atoms with Crippen LogP contribution in [0.1, 0.15) is 6.92 Å². The van der Waals surface area contributed by atoms with E-state index in [9.17, 15) is 23.1 Å². The first kappa shape index (κ1) is 14.3. The Hall–Kier alpha value is -2.09. The average molecular weight is 298 g/mol. The van der Waals surface area contributed by atoms with Gasteiger partial charge in [0.1, 0.15) is 11.8 Å². The quantitative estimate of drug-likeness (QED) is 0.768. The van der Waals surface area contributed by atoms with Crippen LogP contribution in [0.2, 0.25) is 0 Å². The number of amides is 3. The molecule has 0 aromatic heterocycles. The van der Waals surface area contributed by atoms with Crippen molar-refractivity contribution >= 4 is 21.8 Å². The van der Waals surface area contributed by atoms with Gasteiger partial charge in [0.15, 0.2) is 9.84 Å². The van der Waals surface area contributed by atoms with Crippen molar-refractivity contribution in [2.24, 2.45) is 0 Å². The van der Waals surface area contributed by atoms with Gasteiger partial charge in [-0.3, -0.25) is 9.69 Å². The Kier molecular flexibility index (Phi) is 3.67. The number of sulfone groups is 1. The van der Waals surface area contributed by atoms with E-state index in [1.54, 1.807) is 0 Å². The summed E-state index contributed by atoms with van der Waals surface area (Å²) in [5.74, 6) is -0.988. The van der Waals surface area contributed by atoms with Crippen LogP contribution in [-0.2, 0) is 14.6 Å². The number of imide groups is 1. The number of aromatic hydroxyl groups is 1. The van der Waals surface area contributed by atoms with E-state index < -0.39 is 27.8 Å². The largest absolute Gasteiger partial charge is 0.508 e. The van der Waals surface area contributed by atoms with Crippen LogP contribution in [0, 0.1) is 0 Å². The zero-order valence-corrected chi connectivity index (χ0v) is 11.6. The molecule has 20 heavy (non-hydrogen) atoms. The van der Waals surface area contributed by atoms with Gasteiger partial charge in [-0.05, 0) is 25.1 Å². The van der Waals surface area contributed by atoms with Crippen LogP contribution in [0.5, 0.6) is 5.75 Å². The molecule has 1 atom stereocenters. The lowest BCUT2D eigenvalue weighted by molar-refractivity contribution is -0.126. The Morgan fingerprint density at radius 1 is 1.35 bits per heavy atom. The van der Waals surface area contributed by atoms with Gasteiger partial charge >= 0.3 is 6.03 Å². The molecule has 1 aliphatic rings. The molecule has 108 valence electrons. The van der Waals surface area contributed by atoms with Crippen LogP contribution < -0.4 is 5.32 Å². The van der Waals surface area contributed by atoms with E-state index in [4.69, 9.17) is 0 Å². The molecule has 2 N–H and O–H groups in total. The number of nitrogens with one attached hydrogen (secondary N) is 1. The summed E-state index contributed by atoms with van der Waals surface area (Å²) in [5, 5.41) is 11.7. The fourth-order valence-corrected chi connectivity index (χ4v) is 3.12. The molecule has 8 heteroatoms. The highest BCUT2D eigenvalue weighted by molar-refractivity contribution is 7.91. The predicted octanol–water partition coefficient (Wildman–Crippen LogP) is 0.106. The summed E-state index contributed by atoms with van der Waals surface area (Å²) in [5.41, 5.74) is 0. The molecule has 0 bridgehead atoms. The number of hydrogen-bond donors (Lipinski definition) is 2. The van der Waals surface area contributed by atoms with E-state index in [2.05, 4.69) is 5.32 Å². The first-order valence-electron chi connectivity index (χ1n) is 5.95. The maximum absolute atomic E-state index is 12.1. The Bertz CT molecular complexity index is 656. The summed E-state index contributed by atoms with van der Waals surface area (Å²) < 4.78 is 24.1. The van der Waals surface area contributed by atoms with E-state index >= 15 is 0 Å². The monoisotopic (exact) mass is 298 g/mol. The summed E-state index contributed by atoms with van der Waals surface area (Å²) in [7, 11) is -3.67. The minimum atomic E-state index is -3.67. The van der Waals surface area contributed by atoms with Gasteiger partial charge in [-0.2, -0.15) is 0 Å². The van der Waals surface area contributed by atoms with E-state index in [1.807, 2.05) is 0 Å². The van der Waals surface area contributed by atoms with Crippen LogP contribution in [0.15, 0.2) is 29.2 Å². The molecular weight excluding hydrogens is 284 g/mol. The summed E-state index contributed by atoms with van der Waals surface area (Å²) in [6.45, 7) is 1.32. The van der Waals surface area contributed by atoms with Crippen LogP contribution in [0.25, 0.3) is 0 Å². The highest BCUT2D eigenvalue weighted by Gasteiger charge is 2.35. The van der Waals surface area contributed by atoms with Gasteiger partial charge in [-0.15, -0.1) is 0 Å². The molecule has 3 amide bonds. The second-order valence-electron chi connectivity index (χ2n) is 4.48. The number of nitrogens with zero attached hydrogens (tertiary/aromatic N) is 1. The third-order valence-corrected chi connectivity index (χ3v) is 4.67. The van der Waals surface area contributed by atoms with Crippen LogP contribution >= 0.6 is 0 Å². The van der Waals surface area contributed by atoms with Gasteiger partial charge in [-0.25, -0.2) is 13.2 Å². The summed E-state index contributed by atoms with van der Waals surface area (Å²) in [4.78, 5) is 23.9. The van der Waals surface area contributed by atoms with Gasteiger partial charge in [0, 0.05) is 6.54 Å². The lowest BCUT2D eigenvalue weighted by Crippen LogP contribution is -2.35. The third kappa shape index (κ3) is 2.74. The minimum absolute atomic E-state index is 0.0439. The molecule has 0 aliphatic carbocycles. The lowest BCUT2D eigenvalue weighted by Gasteiger charge is -2.12. The van der Waals surface area contributed by atoms with Crippen LogP contribution in [-0.4, -0.2) is 48.7 Å². The van der Waals surface area contributed by atoms with Crippen molar-refractivity contribution in [3.63, 3.8) is 0 Å². The van der Waals surface area contributed by atoms with Crippen LogP contribution in [0.4, 0.5) is 4.79 Å². The molecule has 1 saturated heterocycles. The van der Waals surface area contributed by atoms with Crippen molar-refractivity contribution in [2.75, 3.05) is 12.3 Å². The molecule has 1 fully saturated rings. The number of urea groups is 1. The Balaban J connectivity index is 2.11. The standard InChI is InChI=1S/C12H14N2O5S/c1-8-11(16)14(12(17)13-8)5-6-20(18,19)10-4-2-3-9(15)7-10/h2-4,7-8,15H,5-6H2,1H3,(H,13,17)/t8-/m0/s1. The molecule has 1 aromatic carbocycles.